The van der Waals surface area contributed by atoms with Crippen molar-refractivity contribution < 1.29 is 39.8 Å². The van der Waals surface area contributed by atoms with Gasteiger partial charge in [-0.3, -0.25) is 0 Å². The summed E-state index contributed by atoms with van der Waals surface area (Å²) in [6, 6.07) is 12.6. The van der Waals surface area contributed by atoms with Gasteiger partial charge in [0.1, 0.15) is 35.9 Å². The second-order valence-corrected chi connectivity index (χ2v) is 7.44. The summed E-state index contributed by atoms with van der Waals surface area (Å²) in [6.07, 6.45) is -6.47. The minimum absolute atomic E-state index is 0.324. The summed E-state index contributed by atoms with van der Waals surface area (Å²) < 4.78 is 16.6. The van der Waals surface area contributed by atoms with Crippen molar-refractivity contribution in [3.63, 3.8) is 0 Å². The van der Waals surface area contributed by atoms with Crippen LogP contribution in [0.25, 0.3) is 0 Å². The van der Waals surface area contributed by atoms with Crippen molar-refractivity contribution in [2.75, 3.05) is 7.11 Å². The Labute approximate surface area is 179 Å². The van der Waals surface area contributed by atoms with Gasteiger partial charge in [-0.05, 0) is 41.8 Å². The lowest BCUT2D eigenvalue weighted by Crippen LogP contribution is -2.61. The first-order valence-corrected chi connectivity index (χ1v) is 9.81. The Morgan fingerprint density at radius 3 is 2.39 bits per heavy atom. The van der Waals surface area contributed by atoms with Crippen LogP contribution in [-0.4, -0.2) is 75.8 Å². The Kier molecular flexibility index (Phi) is 7.47. The monoisotopic (exact) mass is 433 g/mol. The van der Waals surface area contributed by atoms with Crippen molar-refractivity contribution in [3.05, 3.63) is 59.2 Å². The molecule has 31 heavy (non-hydrogen) atoms. The van der Waals surface area contributed by atoms with E-state index in [0.717, 1.165) is 16.9 Å². The van der Waals surface area contributed by atoms with E-state index in [1.807, 2.05) is 24.3 Å². The van der Waals surface area contributed by atoms with E-state index in [2.05, 4.69) is 5.16 Å². The molecule has 2 aromatic carbocycles. The average molecular weight is 433 g/mol. The van der Waals surface area contributed by atoms with Crippen LogP contribution in [0.4, 0.5) is 0 Å². The number of benzene rings is 2. The zero-order valence-corrected chi connectivity index (χ0v) is 17.2. The Morgan fingerprint density at radius 2 is 1.77 bits per heavy atom. The minimum Gasteiger partial charge on any atom is -0.497 e. The van der Waals surface area contributed by atoms with Crippen molar-refractivity contribution in [2.45, 2.75) is 50.2 Å². The summed E-state index contributed by atoms with van der Waals surface area (Å²) in [6.45, 7) is 1.41. The maximum atomic E-state index is 10.4. The SMILES string of the molecule is COc1ccc(Cc2ccc(C=NO)cc2O[C@@H]2O[C@H]([C@@H](C)O)[C@@H](O)[C@H](O)[C@H]2O)cc1. The second-order valence-electron chi connectivity index (χ2n) is 7.44. The van der Waals surface area contributed by atoms with E-state index in [0.29, 0.717) is 17.7 Å². The molecule has 5 N–H and O–H groups in total. The molecule has 0 radical (unpaired) electrons. The van der Waals surface area contributed by atoms with Crippen LogP contribution in [-0.2, 0) is 11.2 Å². The molecule has 168 valence electrons. The van der Waals surface area contributed by atoms with Crippen molar-refractivity contribution in [3.8, 4) is 11.5 Å². The van der Waals surface area contributed by atoms with Crippen LogP contribution >= 0.6 is 0 Å². The van der Waals surface area contributed by atoms with Crippen molar-refractivity contribution in [1.82, 2.24) is 0 Å². The molecule has 9 nitrogen and oxygen atoms in total. The molecule has 0 bridgehead atoms. The number of ether oxygens (including phenoxy) is 3. The molecule has 1 aliphatic rings. The first-order valence-electron chi connectivity index (χ1n) is 9.81. The van der Waals surface area contributed by atoms with E-state index in [9.17, 15) is 20.4 Å². The summed E-state index contributed by atoms with van der Waals surface area (Å²) in [7, 11) is 1.59. The van der Waals surface area contributed by atoms with Crippen LogP contribution in [0.1, 0.15) is 23.6 Å². The number of aliphatic hydroxyl groups is 4. The van der Waals surface area contributed by atoms with Gasteiger partial charge in [0.05, 0.1) is 19.4 Å². The maximum Gasteiger partial charge on any atom is 0.229 e. The first-order chi connectivity index (χ1) is 14.8. The summed E-state index contributed by atoms with van der Waals surface area (Å²) in [5, 5.41) is 52.3. The van der Waals surface area contributed by atoms with Crippen molar-refractivity contribution in [2.24, 2.45) is 5.16 Å². The van der Waals surface area contributed by atoms with E-state index in [4.69, 9.17) is 19.4 Å². The number of hydrogen-bond donors (Lipinski definition) is 5. The third kappa shape index (κ3) is 5.33. The molecule has 1 aliphatic heterocycles. The molecule has 9 heteroatoms. The molecule has 1 fully saturated rings. The molecule has 3 rings (SSSR count). The van der Waals surface area contributed by atoms with Crippen molar-refractivity contribution in [1.29, 1.82) is 0 Å². The van der Waals surface area contributed by atoms with E-state index >= 15 is 0 Å². The van der Waals surface area contributed by atoms with Gasteiger partial charge in [0, 0.05) is 6.42 Å². The lowest BCUT2D eigenvalue weighted by atomic mass is 9.96. The number of nitrogens with zero attached hydrogens (tertiary/aromatic N) is 1. The topological polar surface area (TPSA) is 141 Å². The van der Waals surface area contributed by atoms with Gasteiger partial charge in [-0.1, -0.05) is 29.4 Å². The fourth-order valence-corrected chi connectivity index (χ4v) is 3.43. The standard InChI is InChI=1S/C22H27NO8/c1-12(24)21-19(26)18(25)20(27)22(31-21)30-17-10-14(11-23-28)3-6-15(17)9-13-4-7-16(29-2)8-5-13/h3-8,10-12,18-22,24-28H,9H2,1-2H3/t12-,18+,19+,20-,21-,22-/m1/s1. The molecule has 1 saturated heterocycles. The van der Waals surface area contributed by atoms with Crippen LogP contribution in [0.2, 0.25) is 0 Å². The molecule has 0 aliphatic carbocycles. The maximum absolute atomic E-state index is 10.4. The molecule has 0 amide bonds. The fourth-order valence-electron chi connectivity index (χ4n) is 3.43. The molecule has 0 aromatic heterocycles. The Bertz CT molecular complexity index is 886. The van der Waals surface area contributed by atoms with Gasteiger partial charge in [-0.25, -0.2) is 0 Å². The molecular weight excluding hydrogens is 406 g/mol. The van der Waals surface area contributed by atoms with Crippen LogP contribution < -0.4 is 9.47 Å². The highest BCUT2D eigenvalue weighted by atomic mass is 16.7. The van der Waals surface area contributed by atoms with E-state index in [1.54, 1.807) is 25.3 Å². The summed E-state index contributed by atoms with van der Waals surface area (Å²) in [5.74, 6) is 1.05. The molecule has 6 atom stereocenters. The summed E-state index contributed by atoms with van der Waals surface area (Å²) >= 11 is 0. The van der Waals surface area contributed by atoms with Crippen LogP contribution in [0, 0.1) is 0 Å². The lowest BCUT2D eigenvalue weighted by molar-refractivity contribution is -0.286. The second kappa shape index (κ2) is 10.1. The van der Waals surface area contributed by atoms with Gasteiger partial charge in [0.15, 0.2) is 0 Å². The third-order valence-electron chi connectivity index (χ3n) is 5.18. The van der Waals surface area contributed by atoms with Crippen LogP contribution in [0.15, 0.2) is 47.6 Å². The fraction of sp³-hybridized carbons (Fsp3) is 0.409. The Hall–Kier alpha value is -2.69. The Morgan fingerprint density at radius 1 is 1.06 bits per heavy atom. The van der Waals surface area contributed by atoms with Gasteiger partial charge in [-0.2, -0.15) is 0 Å². The number of rotatable bonds is 7. The average Bonchev–Trinajstić information content (AvgIpc) is 2.76. The largest absolute Gasteiger partial charge is 0.497 e. The number of aliphatic hydroxyl groups excluding tert-OH is 4. The molecule has 0 spiro atoms. The quantitative estimate of drug-likeness (QED) is 0.244. The zero-order chi connectivity index (χ0) is 22.5. The number of oxime groups is 1. The lowest BCUT2D eigenvalue weighted by Gasteiger charge is -2.41. The molecule has 1 heterocycles. The number of methoxy groups -OCH3 is 1. The number of hydrogen-bond acceptors (Lipinski definition) is 9. The Balaban J connectivity index is 1.89. The predicted molar refractivity (Wildman–Crippen MR) is 111 cm³/mol. The van der Waals surface area contributed by atoms with Crippen molar-refractivity contribution >= 4 is 6.21 Å². The van der Waals surface area contributed by atoms with Gasteiger partial charge >= 0.3 is 0 Å². The van der Waals surface area contributed by atoms with Gasteiger partial charge < -0.3 is 39.8 Å². The predicted octanol–water partition coefficient (Wildman–Crippen LogP) is 0.661. The van der Waals surface area contributed by atoms with E-state index in [-0.39, 0.29) is 0 Å². The van der Waals surface area contributed by atoms with E-state index in [1.165, 1.54) is 13.1 Å². The van der Waals surface area contributed by atoms with E-state index < -0.39 is 36.8 Å². The van der Waals surface area contributed by atoms with Gasteiger partial charge in [0.25, 0.3) is 0 Å². The highest BCUT2D eigenvalue weighted by Crippen LogP contribution is 2.30. The van der Waals surface area contributed by atoms with Crippen LogP contribution in [0.5, 0.6) is 11.5 Å². The third-order valence-corrected chi connectivity index (χ3v) is 5.18. The smallest absolute Gasteiger partial charge is 0.229 e. The van der Waals surface area contributed by atoms with Gasteiger partial charge in [0.2, 0.25) is 6.29 Å². The molecule has 0 unspecified atom stereocenters. The highest BCUT2D eigenvalue weighted by Gasteiger charge is 2.46. The zero-order valence-electron chi connectivity index (χ0n) is 17.2. The summed E-state index contributed by atoms with van der Waals surface area (Å²) in [4.78, 5) is 0. The molecule has 0 saturated carbocycles. The highest BCUT2D eigenvalue weighted by molar-refractivity contribution is 5.80. The van der Waals surface area contributed by atoms with Crippen LogP contribution in [0.3, 0.4) is 0 Å². The molecule has 2 aromatic rings. The summed E-state index contributed by atoms with van der Waals surface area (Å²) in [5.41, 5.74) is 2.25. The molecular formula is C22H27NO8. The normalized spacial score (nSPS) is 27.2. The minimum atomic E-state index is -1.56. The van der Waals surface area contributed by atoms with Gasteiger partial charge in [-0.15, -0.1) is 0 Å². The first kappa shape index (κ1) is 23.0.